The highest BCUT2D eigenvalue weighted by atomic mass is 16.5. The molecule has 21 heavy (non-hydrogen) atoms. The molecule has 0 radical (unpaired) electrons. The number of rotatable bonds is 9. The maximum absolute atomic E-state index is 11.7. The van der Waals surface area contributed by atoms with Crippen molar-refractivity contribution < 1.29 is 9.53 Å². The van der Waals surface area contributed by atoms with Crippen LogP contribution in [0.25, 0.3) is 0 Å². The normalized spacial score (nSPS) is 17.2. The summed E-state index contributed by atoms with van der Waals surface area (Å²) >= 11 is 0. The first-order chi connectivity index (χ1) is 10.0. The molecule has 1 aliphatic carbocycles. The number of ether oxygens (including phenoxy) is 1. The highest BCUT2D eigenvalue weighted by Crippen LogP contribution is 2.25. The molecule has 0 bridgehead atoms. The van der Waals surface area contributed by atoms with E-state index in [0.717, 1.165) is 31.4 Å². The van der Waals surface area contributed by atoms with Crippen LogP contribution in [0.4, 0.5) is 0 Å². The van der Waals surface area contributed by atoms with Gasteiger partial charge in [-0.25, -0.2) is 0 Å². The summed E-state index contributed by atoms with van der Waals surface area (Å²) in [6.07, 6.45) is 4.79. The molecule has 2 rings (SSSR count). The molecule has 1 saturated carbocycles. The lowest BCUT2D eigenvalue weighted by atomic mass is 9.95. The van der Waals surface area contributed by atoms with Gasteiger partial charge < -0.3 is 15.8 Å². The van der Waals surface area contributed by atoms with Gasteiger partial charge in [-0.2, -0.15) is 0 Å². The van der Waals surface area contributed by atoms with Gasteiger partial charge in [0.2, 0.25) is 5.91 Å². The van der Waals surface area contributed by atoms with Crippen LogP contribution in [0.15, 0.2) is 24.3 Å². The van der Waals surface area contributed by atoms with E-state index in [9.17, 15) is 4.79 Å². The number of carbonyl (C=O) groups is 1. The summed E-state index contributed by atoms with van der Waals surface area (Å²) in [6.45, 7) is 4.62. The largest absolute Gasteiger partial charge is 0.494 e. The predicted molar refractivity (Wildman–Crippen MR) is 84.3 cm³/mol. The van der Waals surface area contributed by atoms with E-state index >= 15 is 0 Å². The molecule has 1 aromatic carbocycles. The number of nitrogens with two attached hydrogens (primary N) is 1. The molecule has 0 saturated heterocycles. The van der Waals surface area contributed by atoms with Gasteiger partial charge in [0.15, 0.2) is 0 Å². The van der Waals surface area contributed by atoms with Crippen LogP contribution < -0.4 is 15.8 Å². The van der Waals surface area contributed by atoms with Gasteiger partial charge in [-0.05, 0) is 56.7 Å². The van der Waals surface area contributed by atoms with Crippen molar-refractivity contribution >= 4 is 5.91 Å². The highest BCUT2D eigenvalue weighted by molar-refractivity contribution is 5.84. The Morgan fingerprint density at radius 2 is 2.24 bits per heavy atom. The second kappa shape index (κ2) is 6.94. The van der Waals surface area contributed by atoms with Crippen molar-refractivity contribution in [3.63, 3.8) is 0 Å². The zero-order valence-electron chi connectivity index (χ0n) is 13.0. The van der Waals surface area contributed by atoms with Crippen molar-refractivity contribution in [2.75, 3.05) is 6.61 Å². The first-order valence-corrected chi connectivity index (χ1v) is 7.83. The Balaban J connectivity index is 1.77. The van der Waals surface area contributed by atoms with Crippen LogP contribution in [-0.4, -0.2) is 24.1 Å². The van der Waals surface area contributed by atoms with Gasteiger partial charge in [-0.1, -0.05) is 19.1 Å². The minimum atomic E-state index is -0.615. The molecule has 1 aliphatic rings. The standard InChI is InChI=1S/C17H26N2O2/c1-3-13-6-4-7-15(12-13)21-11-5-10-17(2,16(18)20)19-14-8-9-14/h4,6-7,12,14,19H,3,5,8-11H2,1-2H3,(H2,18,20). The Morgan fingerprint density at radius 1 is 1.48 bits per heavy atom. The van der Waals surface area contributed by atoms with Crippen LogP contribution in [0.1, 0.15) is 45.1 Å². The van der Waals surface area contributed by atoms with Crippen LogP contribution in [0.3, 0.4) is 0 Å². The summed E-state index contributed by atoms with van der Waals surface area (Å²) in [4.78, 5) is 11.7. The van der Waals surface area contributed by atoms with Gasteiger partial charge in [0, 0.05) is 6.04 Å². The molecule has 0 aromatic heterocycles. The van der Waals surface area contributed by atoms with Crippen molar-refractivity contribution in [2.24, 2.45) is 5.73 Å². The Hall–Kier alpha value is -1.55. The monoisotopic (exact) mass is 290 g/mol. The van der Waals surface area contributed by atoms with Gasteiger partial charge in [0.25, 0.3) is 0 Å². The van der Waals surface area contributed by atoms with E-state index in [1.165, 1.54) is 5.56 Å². The van der Waals surface area contributed by atoms with E-state index in [0.29, 0.717) is 19.1 Å². The van der Waals surface area contributed by atoms with Crippen molar-refractivity contribution in [3.8, 4) is 5.75 Å². The van der Waals surface area contributed by atoms with E-state index in [-0.39, 0.29) is 5.91 Å². The predicted octanol–water partition coefficient (Wildman–Crippen LogP) is 2.40. The molecule has 4 nitrogen and oxygen atoms in total. The van der Waals surface area contributed by atoms with Crippen LogP contribution in [0, 0.1) is 0 Å². The average molecular weight is 290 g/mol. The molecule has 0 heterocycles. The number of benzene rings is 1. The second-order valence-corrected chi connectivity index (χ2v) is 6.07. The molecule has 1 atom stereocenters. The summed E-state index contributed by atoms with van der Waals surface area (Å²) in [5.41, 5.74) is 6.19. The summed E-state index contributed by atoms with van der Waals surface area (Å²) < 4.78 is 5.76. The van der Waals surface area contributed by atoms with Crippen molar-refractivity contribution in [2.45, 2.75) is 57.5 Å². The molecular weight excluding hydrogens is 264 g/mol. The SMILES string of the molecule is CCc1cccc(OCCCC(C)(NC2CC2)C(N)=O)c1. The van der Waals surface area contributed by atoms with Gasteiger partial charge in [0.1, 0.15) is 5.75 Å². The molecule has 1 fully saturated rings. The molecule has 0 spiro atoms. The Labute approximate surface area is 127 Å². The maximum atomic E-state index is 11.7. The fourth-order valence-corrected chi connectivity index (χ4v) is 2.42. The maximum Gasteiger partial charge on any atom is 0.237 e. The fourth-order valence-electron chi connectivity index (χ4n) is 2.42. The van der Waals surface area contributed by atoms with E-state index in [1.807, 2.05) is 19.1 Å². The Kier molecular flexibility index (Phi) is 5.23. The van der Waals surface area contributed by atoms with E-state index in [4.69, 9.17) is 10.5 Å². The van der Waals surface area contributed by atoms with E-state index < -0.39 is 5.54 Å². The van der Waals surface area contributed by atoms with Crippen molar-refractivity contribution in [3.05, 3.63) is 29.8 Å². The molecule has 1 amide bonds. The van der Waals surface area contributed by atoms with Crippen LogP contribution in [0.5, 0.6) is 5.75 Å². The van der Waals surface area contributed by atoms with Crippen LogP contribution >= 0.6 is 0 Å². The average Bonchev–Trinajstić information content (AvgIpc) is 3.27. The lowest BCUT2D eigenvalue weighted by molar-refractivity contribution is -0.124. The number of carbonyl (C=O) groups excluding carboxylic acids is 1. The smallest absolute Gasteiger partial charge is 0.237 e. The van der Waals surface area contributed by atoms with Crippen LogP contribution in [-0.2, 0) is 11.2 Å². The minimum absolute atomic E-state index is 0.276. The zero-order valence-corrected chi connectivity index (χ0v) is 13.0. The summed E-state index contributed by atoms with van der Waals surface area (Å²) in [7, 11) is 0. The molecule has 0 aliphatic heterocycles. The third kappa shape index (κ3) is 4.74. The Morgan fingerprint density at radius 3 is 2.86 bits per heavy atom. The third-order valence-electron chi connectivity index (χ3n) is 4.04. The molecule has 4 heteroatoms. The van der Waals surface area contributed by atoms with E-state index in [1.54, 1.807) is 0 Å². The van der Waals surface area contributed by atoms with Gasteiger partial charge in [-0.3, -0.25) is 4.79 Å². The third-order valence-corrected chi connectivity index (χ3v) is 4.04. The number of primary amides is 1. The first-order valence-electron chi connectivity index (χ1n) is 7.83. The number of amides is 1. The lowest BCUT2D eigenvalue weighted by Gasteiger charge is -2.27. The number of aryl methyl sites for hydroxylation is 1. The topological polar surface area (TPSA) is 64.3 Å². The molecule has 1 unspecified atom stereocenters. The molecule has 116 valence electrons. The van der Waals surface area contributed by atoms with Gasteiger partial charge in [0.05, 0.1) is 12.1 Å². The molecule has 3 N–H and O–H groups in total. The Bertz CT molecular complexity index is 485. The lowest BCUT2D eigenvalue weighted by Crippen LogP contribution is -2.54. The van der Waals surface area contributed by atoms with Crippen LogP contribution in [0.2, 0.25) is 0 Å². The number of nitrogens with one attached hydrogen (secondary N) is 1. The number of hydrogen-bond acceptors (Lipinski definition) is 3. The molecule has 1 aromatic rings. The fraction of sp³-hybridized carbons (Fsp3) is 0.588. The number of hydrogen-bond donors (Lipinski definition) is 2. The highest BCUT2D eigenvalue weighted by Gasteiger charge is 2.36. The van der Waals surface area contributed by atoms with Crippen molar-refractivity contribution in [1.82, 2.24) is 5.32 Å². The van der Waals surface area contributed by atoms with Gasteiger partial charge in [-0.15, -0.1) is 0 Å². The zero-order chi connectivity index (χ0) is 15.3. The van der Waals surface area contributed by atoms with E-state index in [2.05, 4.69) is 24.4 Å². The summed E-state index contributed by atoms with van der Waals surface area (Å²) in [6, 6.07) is 8.60. The summed E-state index contributed by atoms with van der Waals surface area (Å²) in [5, 5.41) is 3.35. The quantitative estimate of drug-likeness (QED) is 0.686. The summed E-state index contributed by atoms with van der Waals surface area (Å²) in [5.74, 6) is 0.618. The van der Waals surface area contributed by atoms with Crippen molar-refractivity contribution in [1.29, 1.82) is 0 Å². The molecular formula is C17H26N2O2. The second-order valence-electron chi connectivity index (χ2n) is 6.07. The van der Waals surface area contributed by atoms with Gasteiger partial charge >= 0.3 is 0 Å². The minimum Gasteiger partial charge on any atom is -0.494 e. The first kappa shape index (κ1) is 15.8.